The van der Waals surface area contributed by atoms with Crippen LogP contribution in [0.1, 0.15) is 24.1 Å². The number of benzene rings is 2. The molecular weight excluding hydrogens is 257 g/mol. The van der Waals surface area contributed by atoms with Gasteiger partial charge < -0.3 is 15.2 Å². The SMILES string of the molecule is COCc1cccc(Oc2cccc(F)c2[C@H](C)N)c1. The van der Waals surface area contributed by atoms with Gasteiger partial charge in [-0.05, 0) is 36.8 Å². The molecule has 0 spiro atoms. The molecule has 2 rings (SSSR count). The highest BCUT2D eigenvalue weighted by Gasteiger charge is 2.14. The van der Waals surface area contributed by atoms with Crippen molar-refractivity contribution in [2.24, 2.45) is 5.73 Å². The molecule has 0 aromatic heterocycles. The van der Waals surface area contributed by atoms with E-state index < -0.39 is 6.04 Å². The van der Waals surface area contributed by atoms with Gasteiger partial charge in [-0.1, -0.05) is 18.2 Å². The van der Waals surface area contributed by atoms with Crippen LogP contribution in [-0.2, 0) is 11.3 Å². The fourth-order valence-electron chi connectivity index (χ4n) is 2.04. The molecule has 0 amide bonds. The van der Waals surface area contributed by atoms with Crippen molar-refractivity contribution in [3.8, 4) is 11.5 Å². The van der Waals surface area contributed by atoms with Gasteiger partial charge in [0.15, 0.2) is 0 Å². The molecule has 0 aliphatic carbocycles. The molecular formula is C16H18FNO2. The van der Waals surface area contributed by atoms with Crippen molar-refractivity contribution >= 4 is 0 Å². The maximum absolute atomic E-state index is 13.8. The van der Waals surface area contributed by atoms with Crippen LogP contribution in [0.15, 0.2) is 42.5 Å². The highest BCUT2D eigenvalue weighted by molar-refractivity contribution is 5.41. The monoisotopic (exact) mass is 275 g/mol. The zero-order chi connectivity index (χ0) is 14.5. The van der Waals surface area contributed by atoms with Crippen molar-refractivity contribution in [1.29, 1.82) is 0 Å². The molecule has 1 atom stereocenters. The summed E-state index contributed by atoms with van der Waals surface area (Å²) in [5, 5.41) is 0. The number of methoxy groups -OCH3 is 1. The van der Waals surface area contributed by atoms with E-state index in [0.29, 0.717) is 23.7 Å². The summed E-state index contributed by atoms with van der Waals surface area (Å²) in [5.74, 6) is 0.715. The average Bonchev–Trinajstić information content (AvgIpc) is 2.39. The fraction of sp³-hybridized carbons (Fsp3) is 0.250. The van der Waals surface area contributed by atoms with Crippen molar-refractivity contribution in [1.82, 2.24) is 0 Å². The van der Waals surface area contributed by atoms with Gasteiger partial charge in [-0.2, -0.15) is 0 Å². The second-order valence-electron chi connectivity index (χ2n) is 4.62. The molecule has 0 aliphatic heterocycles. The highest BCUT2D eigenvalue weighted by Crippen LogP contribution is 2.31. The highest BCUT2D eigenvalue weighted by atomic mass is 19.1. The first kappa shape index (κ1) is 14.5. The third kappa shape index (κ3) is 3.35. The van der Waals surface area contributed by atoms with Crippen molar-refractivity contribution in [2.45, 2.75) is 19.6 Å². The lowest BCUT2D eigenvalue weighted by Crippen LogP contribution is -2.09. The first-order valence-corrected chi connectivity index (χ1v) is 6.41. The van der Waals surface area contributed by atoms with Gasteiger partial charge in [0.05, 0.1) is 6.61 Å². The van der Waals surface area contributed by atoms with Crippen LogP contribution >= 0.6 is 0 Å². The second kappa shape index (κ2) is 6.50. The normalized spacial score (nSPS) is 12.2. The van der Waals surface area contributed by atoms with Gasteiger partial charge in [-0.3, -0.25) is 0 Å². The molecule has 3 nitrogen and oxygen atoms in total. The average molecular weight is 275 g/mol. The first-order chi connectivity index (χ1) is 9.61. The fourth-order valence-corrected chi connectivity index (χ4v) is 2.04. The van der Waals surface area contributed by atoms with Crippen molar-refractivity contribution in [2.75, 3.05) is 7.11 Å². The molecule has 0 fully saturated rings. The Bertz CT molecular complexity index is 584. The Morgan fingerprint density at radius 2 is 1.95 bits per heavy atom. The van der Waals surface area contributed by atoms with Crippen LogP contribution in [0.3, 0.4) is 0 Å². The summed E-state index contributed by atoms with van der Waals surface area (Å²) in [6, 6.07) is 11.7. The molecule has 0 bridgehead atoms. The summed E-state index contributed by atoms with van der Waals surface area (Å²) < 4.78 is 24.7. The third-order valence-corrected chi connectivity index (χ3v) is 2.91. The van der Waals surface area contributed by atoms with Crippen molar-refractivity contribution in [3.63, 3.8) is 0 Å². The smallest absolute Gasteiger partial charge is 0.135 e. The standard InChI is InChI=1S/C16H18FNO2/c1-11(18)16-14(17)7-4-8-15(16)20-13-6-3-5-12(9-13)10-19-2/h3-9,11H,10,18H2,1-2H3/t11-/m0/s1. The van der Waals surface area contributed by atoms with E-state index in [-0.39, 0.29) is 5.82 Å². The number of halogens is 1. The molecule has 2 N–H and O–H groups in total. The van der Waals surface area contributed by atoms with Gasteiger partial charge in [0.2, 0.25) is 0 Å². The molecule has 106 valence electrons. The number of nitrogens with two attached hydrogens (primary N) is 1. The van der Waals surface area contributed by atoms with E-state index in [9.17, 15) is 4.39 Å². The van der Waals surface area contributed by atoms with Crippen LogP contribution < -0.4 is 10.5 Å². The summed E-state index contributed by atoms with van der Waals surface area (Å²) in [7, 11) is 1.63. The molecule has 2 aromatic carbocycles. The first-order valence-electron chi connectivity index (χ1n) is 6.41. The summed E-state index contributed by atoms with van der Waals surface area (Å²) in [6.07, 6.45) is 0. The summed E-state index contributed by atoms with van der Waals surface area (Å²) in [5.41, 5.74) is 7.18. The molecule has 0 aliphatic rings. The van der Waals surface area contributed by atoms with E-state index in [1.54, 1.807) is 26.2 Å². The van der Waals surface area contributed by atoms with Crippen LogP contribution in [0.2, 0.25) is 0 Å². The predicted molar refractivity (Wildman–Crippen MR) is 76.2 cm³/mol. The Balaban J connectivity index is 2.30. The number of hydrogen-bond acceptors (Lipinski definition) is 3. The van der Waals surface area contributed by atoms with Crippen molar-refractivity contribution in [3.05, 3.63) is 59.4 Å². The molecule has 0 saturated carbocycles. The minimum absolute atomic E-state index is 0.356. The number of ether oxygens (including phenoxy) is 2. The van der Waals surface area contributed by atoms with Gasteiger partial charge in [-0.15, -0.1) is 0 Å². The zero-order valence-corrected chi connectivity index (χ0v) is 11.6. The van der Waals surface area contributed by atoms with E-state index >= 15 is 0 Å². The Labute approximate surface area is 118 Å². The molecule has 20 heavy (non-hydrogen) atoms. The van der Waals surface area contributed by atoms with Crippen molar-refractivity contribution < 1.29 is 13.9 Å². The van der Waals surface area contributed by atoms with Crippen LogP contribution in [0.5, 0.6) is 11.5 Å². The molecule has 0 heterocycles. The predicted octanol–water partition coefficient (Wildman–Crippen LogP) is 3.78. The number of hydrogen-bond donors (Lipinski definition) is 1. The van der Waals surface area contributed by atoms with Crippen LogP contribution in [0.4, 0.5) is 4.39 Å². The minimum atomic E-state index is -0.437. The maximum Gasteiger partial charge on any atom is 0.135 e. The molecule has 4 heteroatoms. The van der Waals surface area contributed by atoms with E-state index in [4.69, 9.17) is 15.2 Å². The lowest BCUT2D eigenvalue weighted by Gasteiger charge is -2.15. The van der Waals surface area contributed by atoms with Gasteiger partial charge in [0.25, 0.3) is 0 Å². The van der Waals surface area contributed by atoms with Crippen LogP contribution in [0, 0.1) is 5.82 Å². The topological polar surface area (TPSA) is 44.5 Å². The summed E-state index contributed by atoms with van der Waals surface area (Å²) in [6.45, 7) is 2.23. The summed E-state index contributed by atoms with van der Waals surface area (Å²) >= 11 is 0. The van der Waals surface area contributed by atoms with Crippen LogP contribution in [0.25, 0.3) is 0 Å². The molecule has 0 saturated heterocycles. The maximum atomic E-state index is 13.8. The molecule has 2 aromatic rings. The second-order valence-corrected chi connectivity index (χ2v) is 4.62. The van der Waals surface area contributed by atoms with Gasteiger partial charge in [-0.25, -0.2) is 4.39 Å². The zero-order valence-electron chi connectivity index (χ0n) is 11.6. The lowest BCUT2D eigenvalue weighted by atomic mass is 10.1. The van der Waals surface area contributed by atoms with Gasteiger partial charge >= 0.3 is 0 Å². The van der Waals surface area contributed by atoms with Gasteiger partial charge in [0.1, 0.15) is 17.3 Å². The van der Waals surface area contributed by atoms with Crippen LogP contribution in [-0.4, -0.2) is 7.11 Å². The van der Waals surface area contributed by atoms with E-state index in [1.807, 2.05) is 24.3 Å². The Morgan fingerprint density at radius 1 is 1.20 bits per heavy atom. The largest absolute Gasteiger partial charge is 0.457 e. The quantitative estimate of drug-likeness (QED) is 0.903. The number of rotatable bonds is 5. The Hall–Kier alpha value is -1.91. The van der Waals surface area contributed by atoms with E-state index in [1.165, 1.54) is 6.07 Å². The minimum Gasteiger partial charge on any atom is -0.457 e. The third-order valence-electron chi connectivity index (χ3n) is 2.91. The van der Waals surface area contributed by atoms with E-state index in [2.05, 4.69) is 0 Å². The van der Waals surface area contributed by atoms with Gasteiger partial charge in [0, 0.05) is 18.7 Å². The summed E-state index contributed by atoms with van der Waals surface area (Å²) in [4.78, 5) is 0. The Morgan fingerprint density at radius 3 is 2.65 bits per heavy atom. The van der Waals surface area contributed by atoms with E-state index in [0.717, 1.165) is 5.56 Å². The Kier molecular flexibility index (Phi) is 4.71. The lowest BCUT2D eigenvalue weighted by molar-refractivity contribution is 0.184. The molecule has 0 unspecified atom stereocenters. The molecule has 0 radical (unpaired) electrons.